The Bertz CT molecular complexity index is 2410. The summed E-state index contributed by atoms with van der Waals surface area (Å²) in [5.41, 5.74) is 12.0. The van der Waals surface area contributed by atoms with Crippen LogP contribution in [0.2, 0.25) is 0 Å². The summed E-state index contributed by atoms with van der Waals surface area (Å²) in [6.07, 6.45) is 3.73. The molecule has 4 aromatic carbocycles. The highest BCUT2D eigenvalue weighted by atomic mass is 32.1. The van der Waals surface area contributed by atoms with Crippen LogP contribution >= 0.6 is 11.3 Å². The molecular formula is C41H35N3O3S. The second kappa shape index (κ2) is 12.0. The smallest absolute Gasteiger partial charge is 0.271 e. The molecule has 1 atom stereocenters. The van der Waals surface area contributed by atoms with Crippen LogP contribution in [0, 0.1) is 13.8 Å². The van der Waals surface area contributed by atoms with Gasteiger partial charge in [-0.25, -0.2) is 4.99 Å². The van der Waals surface area contributed by atoms with Crippen molar-refractivity contribution < 1.29 is 9.47 Å². The van der Waals surface area contributed by atoms with Gasteiger partial charge in [0.2, 0.25) is 0 Å². The maximum Gasteiger partial charge on any atom is 0.271 e. The monoisotopic (exact) mass is 649 g/mol. The quantitative estimate of drug-likeness (QED) is 0.189. The molecule has 6 nitrogen and oxygen atoms in total. The van der Waals surface area contributed by atoms with E-state index in [0.717, 1.165) is 57.9 Å². The first-order valence-electron chi connectivity index (χ1n) is 16.1. The summed E-state index contributed by atoms with van der Waals surface area (Å²) < 4.78 is 16.2. The number of benzene rings is 4. The molecule has 7 heteroatoms. The Morgan fingerprint density at radius 1 is 0.833 bits per heavy atom. The zero-order chi connectivity index (χ0) is 32.9. The first-order chi connectivity index (χ1) is 23.4. The maximum absolute atomic E-state index is 14.5. The molecule has 0 saturated carbocycles. The van der Waals surface area contributed by atoms with Gasteiger partial charge >= 0.3 is 0 Å². The molecule has 3 heterocycles. The van der Waals surface area contributed by atoms with Gasteiger partial charge in [0.25, 0.3) is 5.56 Å². The lowest BCUT2D eigenvalue weighted by molar-refractivity contribution is 0.386. The molecule has 0 fully saturated rings. The maximum atomic E-state index is 14.5. The highest BCUT2D eigenvalue weighted by molar-refractivity contribution is 7.07. The first kappa shape index (κ1) is 30.0. The second-order valence-electron chi connectivity index (χ2n) is 12.3. The Kier molecular flexibility index (Phi) is 7.49. The van der Waals surface area contributed by atoms with E-state index in [1.807, 2.05) is 34.9 Å². The predicted octanol–water partition coefficient (Wildman–Crippen LogP) is 7.41. The molecule has 48 heavy (non-hydrogen) atoms. The molecule has 0 amide bonds. The standard InChI is InChI=1S/C41H35N3O3S/c1-25-22-30(26(2)43(25)31-17-14-28(15-18-31)27-10-6-5-7-11-27)23-37-40(45)44-39(34-21-19-32(46-3)24-36(34)47-4)35-20-16-29-12-8-9-13-33(29)38(35)42-41(44)48-37/h5-15,17-19,21-24,39H,16,20H2,1-4H3/b37-23+. The predicted molar refractivity (Wildman–Crippen MR) is 193 cm³/mol. The van der Waals surface area contributed by atoms with Crippen molar-refractivity contribution in [2.45, 2.75) is 32.7 Å². The van der Waals surface area contributed by atoms with Crippen molar-refractivity contribution in [3.63, 3.8) is 0 Å². The molecule has 2 aliphatic rings. The van der Waals surface area contributed by atoms with Gasteiger partial charge < -0.3 is 14.0 Å². The average Bonchev–Trinajstić information content (AvgIpc) is 3.59. The first-order valence-corrected chi connectivity index (χ1v) is 17.0. The fourth-order valence-electron chi connectivity index (χ4n) is 7.25. The molecule has 1 unspecified atom stereocenters. The van der Waals surface area contributed by atoms with Crippen LogP contribution in [0.4, 0.5) is 0 Å². The topological polar surface area (TPSA) is 57.8 Å². The molecular weight excluding hydrogens is 615 g/mol. The minimum absolute atomic E-state index is 0.0518. The van der Waals surface area contributed by atoms with Crippen molar-refractivity contribution in [3.05, 3.63) is 162 Å². The van der Waals surface area contributed by atoms with E-state index in [4.69, 9.17) is 14.5 Å². The highest BCUT2D eigenvalue weighted by Gasteiger charge is 2.34. The molecule has 0 spiro atoms. The minimum atomic E-state index is -0.344. The zero-order valence-electron chi connectivity index (χ0n) is 27.4. The van der Waals surface area contributed by atoms with Gasteiger partial charge in [0.15, 0.2) is 4.80 Å². The summed E-state index contributed by atoms with van der Waals surface area (Å²) in [4.78, 5) is 20.4. The number of fused-ring (bicyclic) bond motifs is 3. The summed E-state index contributed by atoms with van der Waals surface area (Å²) in [5, 5.41) is 0. The fourth-order valence-corrected chi connectivity index (χ4v) is 8.24. The summed E-state index contributed by atoms with van der Waals surface area (Å²) in [6.45, 7) is 4.22. The van der Waals surface area contributed by atoms with Crippen LogP contribution in [0.15, 0.2) is 118 Å². The van der Waals surface area contributed by atoms with Gasteiger partial charge in [-0.3, -0.25) is 9.36 Å². The Hall–Kier alpha value is -5.40. The van der Waals surface area contributed by atoms with E-state index in [0.29, 0.717) is 20.8 Å². The van der Waals surface area contributed by atoms with Gasteiger partial charge in [-0.15, -0.1) is 0 Å². The number of thiazole rings is 1. The lowest BCUT2D eigenvalue weighted by Crippen LogP contribution is -2.39. The van der Waals surface area contributed by atoms with Crippen LogP contribution in [-0.2, 0) is 6.42 Å². The number of methoxy groups -OCH3 is 2. The van der Waals surface area contributed by atoms with Crippen LogP contribution in [0.5, 0.6) is 11.5 Å². The lowest BCUT2D eigenvalue weighted by Gasteiger charge is -2.31. The number of aryl methyl sites for hydroxylation is 2. The highest BCUT2D eigenvalue weighted by Crippen LogP contribution is 2.44. The van der Waals surface area contributed by atoms with Crippen molar-refractivity contribution in [2.75, 3.05) is 14.2 Å². The number of rotatable bonds is 6. The molecule has 8 rings (SSSR count). The third-order valence-corrected chi connectivity index (χ3v) is 10.6. The molecule has 238 valence electrons. The number of nitrogens with zero attached hydrogens (tertiary/aromatic N) is 3. The molecule has 0 saturated heterocycles. The number of hydrogen-bond donors (Lipinski definition) is 0. The Morgan fingerprint density at radius 2 is 1.58 bits per heavy atom. The second-order valence-corrected chi connectivity index (χ2v) is 13.3. The van der Waals surface area contributed by atoms with Crippen molar-refractivity contribution in [1.29, 1.82) is 0 Å². The van der Waals surface area contributed by atoms with Gasteiger partial charge in [-0.05, 0) is 90.9 Å². The van der Waals surface area contributed by atoms with Gasteiger partial charge in [0.05, 0.1) is 30.5 Å². The van der Waals surface area contributed by atoms with Crippen molar-refractivity contribution in [3.8, 4) is 28.3 Å². The van der Waals surface area contributed by atoms with E-state index in [1.165, 1.54) is 28.0 Å². The van der Waals surface area contributed by atoms with E-state index >= 15 is 0 Å². The summed E-state index contributed by atoms with van der Waals surface area (Å²) >= 11 is 1.45. The number of allylic oxidation sites excluding steroid dienone is 1. The molecule has 1 aliphatic carbocycles. The van der Waals surface area contributed by atoms with E-state index in [1.54, 1.807) is 14.2 Å². The number of aromatic nitrogens is 2. The average molecular weight is 650 g/mol. The third kappa shape index (κ3) is 4.93. The molecule has 0 radical (unpaired) electrons. The van der Waals surface area contributed by atoms with E-state index < -0.39 is 0 Å². The minimum Gasteiger partial charge on any atom is -0.497 e. The zero-order valence-corrected chi connectivity index (χ0v) is 28.2. The van der Waals surface area contributed by atoms with E-state index in [2.05, 4.69) is 97.3 Å². The lowest BCUT2D eigenvalue weighted by atomic mass is 9.83. The largest absolute Gasteiger partial charge is 0.497 e. The SMILES string of the molecule is COc1ccc(C2C3=C(N=c4s/c(=C/c5cc(C)n(-c6ccc(-c7ccccc7)cc6)c5C)c(=O)n42)c2ccccc2CC3)c(OC)c1. The van der Waals surface area contributed by atoms with Crippen LogP contribution in [0.3, 0.4) is 0 Å². The summed E-state index contributed by atoms with van der Waals surface area (Å²) in [5.74, 6) is 1.39. The van der Waals surface area contributed by atoms with Crippen molar-refractivity contribution >= 4 is 23.1 Å². The Morgan fingerprint density at radius 3 is 2.35 bits per heavy atom. The van der Waals surface area contributed by atoms with Crippen molar-refractivity contribution in [1.82, 2.24) is 9.13 Å². The summed E-state index contributed by atoms with van der Waals surface area (Å²) in [6, 6.07) is 35.2. The van der Waals surface area contributed by atoms with Gasteiger partial charge in [0, 0.05) is 34.3 Å². The normalized spacial score (nSPS) is 15.4. The van der Waals surface area contributed by atoms with E-state index in [-0.39, 0.29) is 11.6 Å². The Balaban J connectivity index is 1.27. The number of ether oxygens (including phenoxy) is 2. The molecule has 0 bridgehead atoms. The van der Waals surface area contributed by atoms with Crippen LogP contribution < -0.4 is 24.4 Å². The van der Waals surface area contributed by atoms with Gasteiger partial charge in [-0.2, -0.15) is 0 Å². The van der Waals surface area contributed by atoms with Crippen LogP contribution in [0.1, 0.15) is 46.1 Å². The Labute approximate surface area is 283 Å². The van der Waals surface area contributed by atoms with Crippen molar-refractivity contribution in [2.24, 2.45) is 4.99 Å². The molecule has 2 aromatic heterocycles. The molecule has 1 aliphatic heterocycles. The molecule has 0 N–H and O–H groups in total. The van der Waals surface area contributed by atoms with Crippen LogP contribution in [0.25, 0.3) is 28.6 Å². The van der Waals surface area contributed by atoms with Gasteiger partial charge in [-0.1, -0.05) is 78.1 Å². The molecule has 6 aromatic rings. The fraction of sp³-hybridized carbons (Fsp3) is 0.171. The van der Waals surface area contributed by atoms with Crippen LogP contribution in [-0.4, -0.2) is 23.4 Å². The number of hydrogen-bond acceptors (Lipinski definition) is 5. The van der Waals surface area contributed by atoms with Gasteiger partial charge in [0.1, 0.15) is 11.5 Å². The van der Waals surface area contributed by atoms with E-state index in [9.17, 15) is 4.79 Å². The summed E-state index contributed by atoms with van der Waals surface area (Å²) in [7, 11) is 3.31. The third-order valence-electron chi connectivity index (χ3n) is 9.60.